The Morgan fingerprint density at radius 2 is 1.61 bits per heavy atom. The van der Waals surface area contributed by atoms with Crippen LogP contribution in [0.2, 0.25) is 0 Å². The van der Waals surface area contributed by atoms with Gasteiger partial charge in [-0.25, -0.2) is 0 Å². The molecule has 0 radical (unpaired) electrons. The third-order valence-corrected chi connectivity index (χ3v) is 2.68. The topological polar surface area (TPSA) is 59.2 Å². The zero-order valence-corrected chi connectivity index (χ0v) is 9.45. The number of phenolic OH excluding ortho intramolecular Hbond substituents is 1. The number of aromatic hydroxyl groups is 1. The van der Waals surface area contributed by atoms with Gasteiger partial charge in [0.25, 0.3) is 0 Å². The van der Waals surface area contributed by atoms with Gasteiger partial charge in [0.1, 0.15) is 11.4 Å². The van der Waals surface area contributed by atoms with Gasteiger partial charge in [0.15, 0.2) is 5.76 Å². The van der Waals surface area contributed by atoms with Crippen LogP contribution in [0, 0.1) is 0 Å². The van der Waals surface area contributed by atoms with E-state index in [1.54, 1.807) is 18.2 Å². The van der Waals surface area contributed by atoms with Crippen LogP contribution in [0.25, 0.3) is 22.6 Å². The fourth-order valence-electron chi connectivity index (χ4n) is 1.82. The van der Waals surface area contributed by atoms with Gasteiger partial charge in [0.2, 0.25) is 0 Å². The molecule has 0 fully saturated rings. The summed E-state index contributed by atoms with van der Waals surface area (Å²) in [4.78, 5) is 0. The monoisotopic (exact) mass is 238 g/mol. The lowest BCUT2D eigenvalue weighted by Crippen LogP contribution is -1.83. The van der Waals surface area contributed by atoms with Gasteiger partial charge in [0.05, 0.1) is 0 Å². The van der Waals surface area contributed by atoms with Crippen molar-refractivity contribution in [1.82, 2.24) is 10.4 Å². The summed E-state index contributed by atoms with van der Waals surface area (Å²) >= 11 is 0. The fraction of sp³-hybridized carbons (Fsp3) is 0. The van der Waals surface area contributed by atoms with Gasteiger partial charge in [-0.1, -0.05) is 42.5 Å². The lowest BCUT2D eigenvalue weighted by molar-refractivity contribution is 0.403. The predicted octanol–water partition coefficient (Wildman–Crippen LogP) is 3.11. The Kier molecular flexibility index (Phi) is 2.53. The molecule has 3 rings (SSSR count). The highest BCUT2D eigenvalue weighted by atomic mass is 16.5. The fourth-order valence-corrected chi connectivity index (χ4v) is 1.82. The summed E-state index contributed by atoms with van der Waals surface area (Å²) in [6.07, 6.45) is 0. The number of nitrogens with zero attached hydrogens (tertiary/aromatic N) is 2. The molecular formula is C14H10N2O2. The molecule has 0 aliphatic heterocycles. The van der Waals surface area contributed by atoms with Crippen LogP contribution in [0.3, 0.4) is 0 Å². The number of rotatable bonds is 2. The Hall–Kier alpha value is -2.62. The van der Waals surface area contributed by atoms with Crippen LogP contribution in [0.5, 0.6) is 5.75 Å². The Labute approximate surface area is 103 Å². The third kappa shape index (κ3) is 1.73. The second-order valence-corrected chi connectivity index (χ2v) is 3.83. The quantitative estimate of drug-likeness (QED) is 0.745. The van der Waals surface area contributed by atoms with Crippen LogP contribution < -0.4 is 0 Å². The molecule has 0 atom stereocenters. The Balaban J connectivity index is 2.16. The molecule has 3 aromatic rings. The molecule has 1 heterocycles. The number of phenols is 1. The van der Waals surface area contributed by atoms with E-state index in [-0.39, 0.29) is 5.75 Å². The predicted molar refractivity (Wildman–Crippen MR) is 66.8 cm³/mol. The summed E-state index contributed by atoms with van der Waals surface area (Å²) in [6.45, 7) is 0. The normalized spacial score (nSPS) is 10.4. The van der Waals surface area contributed by atoms with Crippen molar-refractivity contribution in [2.75, 3.05) is 0 Å². The third-order valence-electron chi connectivity index (χ3n) is 2.68. The lowest BCUT2D eigenvalue weighted by atomic mass is 10.1. The average Bonchev–Trinajstić information content (AvgIpc) is 2.89. The molecule has 0 unspecified atom stereocenters. The Bertz CT molecular complexity index is 662. The number of aromatic nitrogens is 2. The summed E-state index contributed by atoms with van der Waals surface area (Å²) in [5, 5.41) is 17.4. The molecule has 18 heavy (non-hydrogen) atoms. The molecule has 0 aliphatic rings. The lowest BCUT2D eigenvalue weighted by Gasteiger charge is -2.01. The molecule has 1 N–H and O–H groups in total. The zero-order valence-electron chi connectivity index (χ0n) is 9.45. The summed E-state index contributed by atoms with van der Waals surface area (Å²) < 4.78 is 5.19. The molecule has 88 valence electrons. The first-order valence-electron chi connectivity index (χ1n) is 5.52. The van der Waals surface area contributed by atoms with Crippen molar-refractivity contribution >= 4 is 0 Å². The molecule has 2 aromatic carbocycles. The highest BCUT2D eigenvalue weighted by molar-refractivity contribution is 5.79. The Morgan fingerprint density at radius 3 is 2.39 bits per heavy atom. The van der Waals surface area contributed by atoms with E-state index >= 15 is 0 Å². The van der Waals surface area contributed by atoms with E-state index in [0.717, 1.165) is 5.56 Å². The molecule has 0 aliphatic carbocycles. The van der Waals surface area contributed by atoms with E-state index in [0.29, 0.717) is 17.0 Å². The first-order valence-corrected chi connectivity index (χ1v) is 5.52. The van der Waals surface area contributed by atoms with E-state index in [9.17, 15) is 5.11 Å². The van der Waals surface area contributed by atoms with Gasteiger partial charge in [-0.2, -0.15) is 0 Å². The molecule has 4 heteroatoms. The number of hydrogen-bond donors (Lipinski definition) is 1. The van der Waals surface area contributed by atoms with Crippen LogP contribution in [-0.2, 0) is 0 Å². The van der Waals surface area contributed by atoms with Crippen molar-refractivity contribution in [3.63, 3.8) is 0 Å². The van der Waals surface area contributed by atoms with Crippen molar-refractivity contribution in [1.29, 1.82) is 0 Å². The minimum absolute atomic E-state index is 0.158. The first kappa shape index (κ1) is 10.5. The molecule has 0 bridgehead atoms. The minimum Gasteiger partial charge on any atom is -0.507 e. The smallest absolute Gasteiger partial charge is 0.195 e. The van der Waals surface area contributed by atoms with Crippen LogP contribution in [0.1, 0.15) is 0 Å². The van der Waals surface area contributed by atoms with Crippen molar-refractivity contribution in [3.05, 3.63) is 54.6 Å². The molecule has 0 saturated carbocycles. The highest BCUT2D eigenvalue weighted by Crippen LogP contribution is 2.34. The van der Waals surface area contributed by atoms with Crippen molar-refractivity contribution in [3.8, 4) is 28.3 Å². The second-order valence-electron chi connectivity index (χ2n) is 3.83. The maximum Gasteiger partial charge on any atom is 0.195 e. The SMILES string of the molecule is Oc1ccccc1-c1nnoc1-c1ccccc1. The summed E-state index contributed by atoms with van der Waals surface area (Å²) in [5.41, 5.74) is 2.03. The molecular weight excluding hydrogens is 228 g/mol. The molecule has 0 amide bonds. The van der Waals surface area contributed by atoms with Gasteiger partial charge in [-0.15, -0.1) is 5.10 Å². The van der Waals surface area contributed by atoms with Crippen LogP contribution in [0.15, 0.2) is 59.1 Å². The number of para-hydroxylation sites is 1. The van der Waals surface area contributed by atoms with Crippen LogP contribution in [-0.4, -0.2) is 15.5 Å². The van der Waals surface area contributed by atoms with E-state index in [4.69, 9.17) is 4.52 Å². The van der Waals surface area contributed by atoms with Crippen molar-refractivity contribution < 1.29 is 9.63 Å². The van der Waals surface area contributed by atoms with Crippen molar-refractivity contribution in [2.45, 2.75) is 0 Å². The minimum atomic E-state index is 0.158. The van der Waals surface area contributed by atoms with Gasteiger partial charge in [0, 0.05) is 16.4 Å². The maximum absolute atomic E-state index is 9.84. The van der Waals surface area contributed by atoms with E-state index < -0.39 is 0 Å². The molecule has 0 saturated heterocycles. The largest absolute Gasteiger partial charge is 0.507 e. The highest BCUT2D eigenvalue weighted by Gasteiger charge is 2.16. The second kappa shape index (κ2) is 4.33. The van der Waals surface area contributed by atoms with Gasteiger partial charge >= 0.3 is 0 Å². The van der Waals surface area contributed by atoms with Crippen molar-refractivity contribution in [2.24, 2.45) is 0 Å². The number of benzene rings is 2. The summed E-state index contributed by atoms with van der Waals surface area (Å²) in [7, 11) is 0. The zero-order chi connectivity index (χ0) is 12.4. The molecule has 1 aromatic heterocycles. The van der Waals surface area contributed by atoms with E-state index in [1.807, 2.05) is 36.4 Å². The van der Waals surface area contributed by atoms with Gasteiger partial charge < -0.3 is 9.63 Å². The van der Waals surface area contributed by atoms with Gasteiger partial charge in [-0.3, -0.25) is 0 Å². The van der Waals surface area contributed by atoms with E-state index in [2.05, 4.69) is 10.4 Å². The standard InChI is InChI=1S/C14H10N2O2/c17-12-9-5-4-8-11(12)13-14(18-16-15-13)10-6-2-1-3-7-10/h1-9,17H. The molecule has 0 spiro atoms. The van der Waals surface area contributed by atoms with Gasteiger partial charge in [-0.05, 0) is 12.1 Å². The summed E-state index contributed by atoms with van der Waals surface area (Å²) in [6, 6.07) is 16.5. The molecule has 4 nitrogen and oxygen atoms in total. The number of hydrogen-bond acceptors (Lipinski definition) is 4. The first-order chi connectivity index (χ1) is 8.86. The van der Waals surface area contributed by atoms with Crippen LogP contribution in [0.4, 0.5) is 0 Å². The maximum atomic E-state index is 9.84. The average molecular weight is 238 g/mol. The van der Waals surface area contributed by atoms with E-state index in [1.165, 1.54) is 0 Å². The van der Waals surface area contributed by atoms with Crippen LogP contribution >= 0.6 is 0 Å². The Morgan fingerprint density at radius 1 is 0.889 bits per heavy atom. The summed E-state index contributed by atoms with van der Waals surface area (Å²) in [5.74, 6) is 0.711.